The van der Waals surface area contributed by atoms with Gasteiger partial charge in [0.05, 0.1) is 65.9 Å². The molecule has 0 radical (unpaired) electrons. The number of carbonyl (C=O) groups excluding carboxylic acids is 4. The number of phenols is 3. The number of phenolic OH excluding ortho intramolecular Hbond substituents is 3. The van der Waals surface area contributed by atoms with Crippen LogP contribution in [0, 0.1) is 30.6 Å². The van der Waals surface area contributed by atoms with E-state index in [1.807, 2.05) is 0 Å². The number of methoxy groups -OCH3 is 1. The number of esters is 1. The average Bonchev–Trinajstić information content (AvgIpc) is 3.96. The number of aliphatic hydroxyl groups is 2. The van der Waals surface area contributed by atoms with Crippen LogP contribution >= 0.6 is 0 Å². The minimum atomic E-state index is -2.05. The van der Waals surface area contributed by atoms with E-state index >= 15 is 0 Å². The van der Waals surface area contributed by atoms with Gasteiger partial charge in [0.2, 0.25) is 0 Å². The molecule has 4 aromatic rings. The molecule has 0 aliphatic carbocycles. The van der Waals surface area contributed by atoms with Crippen LogP contribution in [-0.2, 0) is 38.8 Å². The number of aromatic nitrogens is 3. The Bertz CT molecular complexity index is 2870. The monoisotopic (exact) mass is 948 g/mol. The number of benzene rings is 3. The van der Waals surface area contributed by atoms with Crippen LogP contribution in [0.1, 0.15) is 96.4 Å². The quantitative estimate of drug-likeness (QED) is 0.0882. The summed E-state index contributed by atoms with van der Waals surface area (Å²) in [6.07, 6.45) is 5.56. The zero-order chi connectivity index (χ0) is 50.0. The SMILES string of the molecule is CO[C@H]1/C=C/O[C@@]2(C)Oc3c(C)c(O)c4c(O)c5c(c(O)c4c3C2=O)CN(Cc2cn(CN3C(=O)c4ccccc4C3=O)nn2)C(=N5)/C(C)=C\C=C\[C@H](C)[C@H](O)[C@@H](C)[C@@H](O)[C@@H](C)[C@H](OC(C)=O)[C@@H]1C. The Morgan fingerprint density at radius 1 is 0.913 bits per heavy atom. The van der Waals surface area contributed by atoms with Gasteiger partial charge in [0.15, 0.2) is 5.75 Å². The van der Waals surface area contributed by atoms with E-state index in [0.29, 0.717) is 17.1 Å². The van der Waals surface area contributed by atoms with Crippen LogP contribution in [0.4, 0.5) is 5.69 Å². The maximum atomic E-state index is 14.6. The van der Waals surface area contributed by atoms with Gasteiger partial charge >= 0.3 is 11.8 Å². The molecular weight excluding hydrogens is 893 g/mol. The van der Waals surface area contributed by atoms with E-state index in [1.54, 1.807) is 88.2 Å². The fourth-order valence-corrected chi connectivity index (χ4v) is 9.79. The lowest BCUT2D eigenvalue weighted by atomic mass is 9.78. The third-order valence-corrected chi connectivity index (χ3v) is 13.8. The lowest BCUT2D eigenvalue weighted by Crippen LogP contribution is -2.46. The molecule has 6 aliphatic heterocycles. The predicted octanol–water partition coefficient (Wildman–Crippen LogP) is 5.71. The van der Waals surface area contributed by atoms with Gasteiger partial charge < -0.3 is 49.4 Å². The molecule has 0 spiro atoms. The second-order valence-electron chi connectivity index (χ2n) is 18.5. The molecule has 19 nitrogen and oxygen atoms in total. The normalized spacial score (nSPS) is 28.9. The van der Waals surface area contributed by atoms with Gasteiger partial charge in [-0.25, -0.2) is 9.67 Å². The number of ether oxygens (including phenoxy) is 4. The van der Waals surface area contributed by atoms with Gasteiger partial charge in [0.25, 0.3) is 17.6 Å². The second-order valence-corrected chi connectivity index (χ2v) is 18.5. The number of rotatable bonds is 6. The molecule has 0 fully saturated rings. The Kier molecular flexibility index (Phi) is 12.9. The molecule has 1 aromatic heterocycles. The number of allylic oxidation sites excluding steroid dienone is 2. The number of ketones is 1. The van der Waals surface area contributed by atoms with Crippen molar-refractivity contribution >= 4 is 45.9 Å². The number of hydrogen-bond acceptors (Lipinski definition) is 17. The number of fused-ring (bicyclic) bond motifs is 2. The molecule has 364 valence electrons. The van der Waals surface area contributed by atoms with Crippen molar-refractivity contribution < 1.29 is 63.7 Å². The molecular formula is C50H56N6O13. The topological polar surface area (TPSA) is 256 Å². The van der Waals surface area contributed by atoms with Crippen molar-refractivity contribution in [1.29, 1.82) is 0 Å². The van der Waals surface area contributed by atoms with Gasteiger partial charge in [-0.3, -0.25) is 24.1 Å². The molecule has 0 saturated heterocycles. The number of imide groups is 1. The van der Waals surface area contributed by atoms with E-state index in [-0.39, 0.29) is 69.8 Å². The molecule has 2 amide bonds. The van der Waals surface area contributed by atoms with E-state index in [1.165, 1.54) is 44.9 Å². The van der Waals surface area contributed by atoms with Crippen LogP contribution in [-0.4, -0.2) is 117 Å². The van der Waals surface area contributed by atoms with Crippen LogP contribution in [0.5, 0.6) is 23.0 Å². The Morgan fingerprint density at radius 2 is 1.59 bits per heavy atom. The van der Waals surface area contributed by atoms with Gasteiger partial charge in [-0.05, 0) is 37.6 Å². The zero-order valence-corrected chi connectivity index (χ0v) is 39.7. The van der Waals surface area contributed by atoms with Gasteiger partial charge in [-0.1, -0.05) is 63.3 Å². The van der Waals surface area contributed by atoms with E-state index < -0.39 is 94.7 Å². The number of carbonyl (C=O) groups is 4. The average molecular weight is 949 g/mol. The van der Waals surface area contributed by atoms with Crippen molar-refractivity contribution in [2.45, 2.75) is 105 Å². The maximum absolute atomic E-state index is 14.6. The number of nitrogens with zero attached hydrogens (tertiary/aromatic N) is 6. The first-order valence-corrected chi connectivity index (χ1v) is 22.6. The smallest absolute Gasteiger partial charge is 0.312 e. The lowest BCUT2D eigenvalue weighted by Gasteiger charge is -2.38. The summed E-state index contributed by atoms with van der Waals surface area (Å²) in [7, 11) is 1.44. The summed E-state index contributed by atoms with van der Waals surface area (Å²) in [5.74, 6) is -8.04. The Balaban J connectivity index is 1.23. The summed E-state index contributed by atoms with van der Waals surface area (Å²) in [5.41, 5.74) is 1.47. The number of amidine groups is 1. The number of hydrogen-bond donors (Lipinski definition) is 5. The minimum Gasteiger partial charge on any atom is -0.507 e. The molecule has 10 rings (SSSR count). The summed E-state index contributed by atoms with van der Waals surface area (Å²) in [6.45, 7) is 12.5. The van der Waals surface area contributed by atoms with Gasteiger partial charge in [-0.15, -0.1) is 5.10 Å². The molecule has 69 heavy (non-hydrogen) atoms. The van der Waals surface area contributed by atoms with E-state index in [9.17, 15) is 44.7 Å². The molecule has 7 bridgehead atoms. The molecule has 6 aliphatic rings. The molecule has 0 saturated carbocycles. The molecule has 9 atom stereocenters. The van der Waals surface area contributed by atoms with Crippen molar-refractivity contribution in [3.8, 4) is 23.0 Å². The highest BCUT2D eigenvalue weighted by Gasteiger charge is 2.50. The summed E-state index contributed by atoms with van der Waals surface area (Å²) >= 11 is 0. The van der Waals surface area contributed by atoms with Gasteiger partial charge in [0, 0.05) is 61.1 Å². The van der Waals surface area contributed by atoms with E-state index in [4.69, 9.17) is 23.9 Å². The summed E-state index contributed by atoms with van der Waals surface area (Å²) < 4.78 is 25.1. The molecule has 7 heterocycles. The third kappa shape index (κ3) is 8.37. The van der Waals surface area contributed by atoms with Gasteiger partial charge in [-0.2, -0.15) is 0 Å². The van der Waals surface area contributed by atoms with Crippen LogP contribution in [0.15, 0.2) is 71.6 Å². The Morgan fingerprint density at radius 3 is 2.25 bits per heavy atom. The fourth-order valence-electron chi connectivity index (χ4n) is 9.79. The Hall–Kier alpha value is -7.09. The van der Waals surface area contributed by atoms with Crippen LogP contribution in [0.25, 0.3) is 10.8 Å². The zero-order valence-electron chi connectivity index (χ0n) is 39.7. The van der Waals surface area contributed by atoms with Crippen molar-refractivity contribution in [2.24, 2.45) is 28.7 Å². The van der Waals surface area contributed by atoms with Gasteiger partial charge in [0.1, 0.15) is 47.2 Å². The van der Waals surface area contributed by atoms with Crippen molar-refractivity contribution in [1.82, 2.24) is 24.8 Å². The first kappa shape index (κ1) is 48.4. The number of aromatic hydroxyl groups is 3. The standard InChI is InChI=1S/C50H56N6O13/c1-23-13-12-14-24(2)47-51-38-33(21-54(47)19-30-20-55(53-52-30)22-56-48(64)31-15-10-11-16-32(31)49(56)65)42(61)35-36(43(38)62)41(60)28(6)45-37(35)46(63)50(8,69-45)67-18-17-34(66-9)25(3)44(68-29(7)57)27(5)40(59)26(4)39(23)58/h10-18,20,23,25-27,34,39-40,44,58-62H,19,21-22H2,1-9H3/b13-12+,18-17+,24-14-/t23-,25+,26+,27+,34-,39-,40+,44+,50-/m0/s1. The minimum absolute atomic E-state index is 0.00317. The summed E-state index contributed by atoms with van der Waals surface area (Å²) in [5, 5.41) is 67.5. The van der Waals surface area contributed by atoms with Crippen molar-refractivity contribution in [3.05, 3.63) is 100 Å². The molecule has 19 heteroatoms. The first-order valence-electron chi connectivity index (χ1n) is 22.6. The molecule has 5 N–H and O–H groups in total. The molecule has 3 aromatic carbocycles. The summed E-state index contributed by atoms with van der Waals surface area (Å²) in [6, 6.07) is 6.52. The highest BCUT2D eigenvalue weighted by atomic mass is 16.7. The maximum Gasteiger partial charge on any atom is 0.312 e. The largest absolute Gasteiger partial charge is 0.507 e. The van der Waals surface area contributed by atoms with Crippen molar-refractivity contribution in [3.63, 3.8) is 0 Å². The third-order valence-electron chi connectivity index (χ3n) is 13.8. The fraction of sp³-hybridized carbons (Fsp3) is 0.420. The van der Waals surface area contributed by atoms with Crippen molar-refractivity contribution in [2.75, 3.05) is 7.11 Å². The number of aliphatic hydroxyl groups excluding tert-OH is 2. The number of Topliss-reactive ketones (excluding diaryl/α,β-unsaturated/α-hetero) is 1. The second kappa shape index (κ2) is 18.4. The van der Waals surface area contributed by atoms with Crippen LogP contribution in [0.2, 0.25) is 0 Å². The highest BCUT2D eigenvalue weighted by Crippen LogP contribution is 2.57. The Labute approximate surface area is 397 Å². The van der Waals surface area contributed by atoms with Crippen LogP contribution < -0.4 is 4.74 Å². The van der Waals surface area contributed by atoms with E-state index in [2.05, 4.69) is 10.3 Å². The first-order chi connectivity index (χ1) is 32.7. The van der Waals surface area contributed by atoms with Crippen LogP contribution in [0.3, 0.4) is 0 Å². The molecule has 0 unspecified atom stereocenters. The predicted molar refractivity (Wildman–Crippen MR) is 248 cm³/mol. The number of aliphatic imine (C=N–C) groups is 1. The highest BCUT2D eigenvalue weighted by molar-refractivity contribution is 6.22. The summed E-state index contributed by atoms with van der Waals surface area (Å²) in [4.78, 5) is 61.0. The lowest BCUT2D eigenvalue weighted by molar-refractivity contribution is -0.160. The van der Waals surface area contributed by atoms with E-state index in [0.717, 1.165) is 4.90 Å². The number of amides is 2.